The van der Waals surface area contributed by atoms with Gasteiger partial charge in [-0.25, -0.2) is 4.99 Å². The summed E-state index contributed by atoms with van der Waals surface area (Å²) in [5.74, 6) is 1.77. The molecular formula is C16H23IN4. The average molecular weight is 398 g/mol. The Morgan fingerprint density at radius 2 is 2.10 bits per heavy atom. The first kappa shape index (κ1) is 16.1. The maximum Gasteiger partial charge on any atom is 0.191 e. The van der Waals surface area contributed by atoms with Gasteiger partial charge < -0.3 is 15.6 Å². The number of nitrogens with zero attached hydrogens (tertiary/aromatic N) is 1. The molecule has 0 atom stereocenters. The van der Waals surface area contributed by atoms with Crippen molar-refractivity contribution < 1.29 is 0 Å². The molecule has 1 fully saturated rings. The fraction of sp³-hybridized carbons (Fsp3) is 0.438. The Kier molecular flexibility index (Phi) is 5.90. The van der Waals surface area contributed by atoms with Gasteiger partial charge in [-0.2, -0.15) is 0 Å². The number of rotatable bonds is 5. The number of guanidine groups is 1. The van der Waals surface area contributed by atoms with Gasteiger partial charge in [0.25, 0.3) is 0 Å². The molecule has 0 unspecified atom stereocenters. The van der Waals surface area contributed by atoms with Gasteiger partial charge in [-0.05, 0) is 43.2 Å². The number of hydrogen-bond acceptors (Lipinski definition) is 1. The summed E-state index contributed by atoms with van der Waals surface area (Å²) in [7, 11) is 0. The zero-order valence-electron chi connectivity index (χ0n) is 12.4. The van der Waals surface area contributed by atoms with Crippen molar-refractivity contribution >= 4 is 40.8 Å². The van der Waals surface area contributed by atoms with Crippen molar-refractivity contribution in [3.05, 3.63) is 36.0 Å². The van der Waals surface area contributed by atoms with Crippen molar-refractivity contribution in [1.29, 1.82) is 0 Å². The van der Waals surface area contributed by atoms with Crippen molar-refractivity contribution in [1.82, 2.24) is 15.6 Å². The van der Waals surface area contributed by atoms with Crippen LogP contribution in [0.3, 0.4) is 0 Å². The Morgan fingerprint density at radius 3 is 2.81 bits per heavy atom. The minimum Gasteiger partial charge on any atom is -0.357 e. The molecule has 4 nitrogen and oxygen atoms in total. The van der Waals surface area contributed by atoms with Gasteiger partial charge in [0, 0.05) is 24.3 Å². The van der Waals surface area contributed by atoms with Gasteiger partial charge >= 0.3 is 0 Å². The summed E-state index contributed by atoms with van der Waals surface area (Å²) in [5, 5.41) is 7.95. The van der Waals surface area contributed by atoms with Crippen LogP contribution < -0.4 is 10.6 Å². The molecule has 114 valence electrons. The molecule has 1 aromatic carbocycles. The fourth-order valence-electron chi connectivity index (χ4n) is 2.29. The van der Waals surface area contributed by atoms with Crippen molar-refractivity contribution in [2.75, 3.05) is 13.1 Å². The van der Waals surface area contributed by atoms with Crippen molar-refractivity contribution in [3.8, 4) is 0 Å². The molecule has 1 saturated carbocycles. The number of para-hydroxylation sites is 1. The zero-order valence-corrected chi connectivity index (χ0v) is 14.7. The van der Waals surface area contributed by atoms with Crippen LogP contribution in [0, 0.1) is 5.92 Å². The topological polar surface area (TPSA) is 52.2 Å². The number of fused-ring (bicyclic) bond motifs is 1. The minimum atomic E-state index is 0. The lowest BCUT2D eigenvalue weighted by atomic mass is 10.2. The van der Waals surface area contributed by atoms with Crippen LogP contribution in [0.1, 0.15) is 25.5 Å². The van der Waals surface area contributed by atoms with Crippen LogP contribution in [0.4, 0.5) is 0 Å². The SMILES string of the molecule is CCNC(=NCc1cc2ccccc2[nH]1)NCC1CC1.I. The third-order valence-corrected chi connectivity index (χ3v) is 3.59. The molecule has 1 aromatic heterocycles. The maximum atomic E-state index is 4.64. The minimum absolute atomic E-state index is 0. The first-order valence-corrected chi connectivity index (χ1v) is 7.44. The number of aromatic amines is 1. The van der Waals surface area contributed by atoms with E-state index in [0.717, 1.165) is 30.7 Å². The number of halogens is 1. The number of aromatic nitrogens is 1. The Bertz CT molecular complexity index is 568. The summed E-state index contributed by atoms with van der Waals surface area (Å²) in [4.78, 5) is 8.05. The Morgan fingerprint density at radius 1 is 1.29 bits per heavy atom. The van der Waals surface area contributed by atoms with E-state index in [-0.39, 0.29) is 24.0 Å². The molecule has 2 aromatic rings. The van der Waals surface area contributed by atoms with Crippen molar-refractivity contribution in [2.24, 2.45) is 10.9 Å². The van der Waals surface area contributed by atoms with Crippen LogP contribution in [0.25, 0.3) is 10.9 Å². The molecule has 3 rings (SSSR count). The number of aliphatic imine (C=N–C) groups is 1. The molecule has 0 saturated heterocycles. The molecule has 3 N–H and O–H groups in total. The Balaban J connectivity index is 0.00000161. The van der Waals surface area contributed by atoms with Gasteiger partial charge in [0.15, 0.2) is 5.96 Å². The lowest BCUT2D eigenvalue weighted by Gasteiger charge is -2.10. The second-order valence-corrected chi connectivity index (χ2v) is 5.40. The van der Waals surface area contributed by atoms with Crippen LogP contribution in [0.2, 0.25) is 0 Å². The van der Waals surface area contributed by atoms with E-state index in [4.69, 9.17) is 0 Å². The van der Waals surface area contributed by atoms with E-state index in [9.17, 15) is 0 Å². The number of H-pyrrole nitrogens is 1. The smallest absolute Gasteiger partial charge is 0.191 e. The predicted molar refractivity (Wildman–Crippen MR) is 99.3 cm³/mol. The first-order valence-electron chi connectivity index (χ1n) is 7.44. The van der Waals surface area contributed by atoms with Gasteiger partial charge in [-0.15, -0.1) is 24.0 Å². The summed E-state index contributed by atoms with van der Waals surface area (Å²) < 4.78 is 0. The van der Waals surface area contributed by atoms with Crippen molar-refractivity contribution in [3.63, 3.8) is 0 Å². The highest BCUT2D eigenvalue weighted by molar-refractivity contribution is 14.0. The summed E-state index contributed by atoms with van der Waals surface area (Å²) in [6.45, 7) is 4.70. The third kappa shape index (κ3) is 4.62. The molecule has 1 aliphatic rings. The third-order valence-electron chi connectivity index (χ3n) is 3.59. The quantitative estimate of drug-likeness (QED) is 0.412. The van der Waals surface area contributed by atoms with E-state index in [1.807, 2.05) is 6.07 Å². The summed E-state index contributed by atoms with van der Waals surface area (Å²) in [6, 6.07) is 10.5. The lowest BCUT2D eigenvalue weighted by molar-refractivity contribution is 0.738. The molecule has 0 bridgehead atoms. The van der Waals surface area contributed by atoms with E-state index in [0.29, 0.717) is 6.54 Å². The second kappa shape index (κ2) is 7.68. The number of benzene rings is 1. The van der Waals surface area contributed by atoms with Gasteiger partial charge in [0.05, 0.1) is 6.54 Å². The molecule has 5 heteroatoms. The highest BCUT2D eigenvalue weighted by Crippen LogP contribution is 2.27. The van der Waals surface area contributed by atoms with Crippen LogP contribution in [-0.4, -0.2) is 24.0 Å². The zero-order chi connectivity index (χ0) is 13.8. The second-order valence-electron chi connectivity index (χ2n) is 5.40. The number of nitrogens with one attached hydrogen (secondary N) is 3. The van der Waals surface area contributed by atoms with E-state index >= 15 is 0 Å². The van der Waals surface area contributed by atoms with E-state index in [2.05, 4.69) is 51.8 Å². The molecule has 21 heavy (non-hydrogen) atoms. The summed E-state index contributed by atoms with van der Waals surface area (Å²) >= 11 is 0. The van der Waals surface area contributed by atoms with Crippen molar-refractivity contribution in [2.45, 2.75) is 26.3 Å². The van der Waals surface area contributed by atoms with E-state index in [1.165, 1.54) is 23.7 Å². The van der Waals surface area contributed by atoms with E-state index < -0.39 is 0 Å². The average Bonchev–Trinajstić information content (AvgIpc) is 3.19. The Labute approximate surface area is 142 Å². The first-order chi connectivity index (χ1) is 9.85. The normalized spacial score (nSPS) is 14.8. The van der Waals surface area contributed by atoms with Crippen LogP contribution in [0.5, 0.6) is 0 Å². The van der Waals surface area contributed by atoms with Gasteiger partial charge in [-0.1, -0.05) is 18.2 Å². The lowest BCUT2D eigenvalue weighted by Crippen LogP contribution is -2.38. The highest BCUT2D eigenvalue weighted by Gasteiger charge is 2.20. The molecule has 0 spiro atoms. The highest BCUT2D eigenvalue weighted by atomic mass is 127. The number of hydrogen-bond donors (Lipinski definition) is 3. The van der Waals surface area contributed by atoms with Gasteiger partial charge in [-0.3, -0.25) is 0 Å². The largest absolute Gasteiger partial charge is 0.357 e. The standard InChI is InChI=1S/C16H22N4.HI/c1-2-17-16(18-10-12-7-8-12)19-11-14-9-13-5-3-4-6-15(13)20-14;/h3-6,9,12,20H,2,7-8,10-11H2,1H3,(H2,17,18,19);1H. The molecule has 1 heterocycles. The molecular weight excluding hydrogens is 375 g/mol. The van der Waals surface area contributed by atoms with Crippen LogP contribution >= 0.6 is 24.0 Å². The summed E-state index contributed by atoms with van der Waals surface area (Å²) in [6.07, 6.45) is 2.71. The fourth-order valence-corrected chi connectivity index (χ4v) is 2.29. The van der Waals surface area contributed by atoms with Crippen LogP contribution in [-0.2, 0) is 6.54 Å². The Hall–Kier alpha value is -1.24. The van der Waals surface area contributed by atoms with Gasteiger partial charge in [0.1, 0.15) is 0 Å². The monoisotopic (exact) mass is 398 g/mol. The molecule has 0 aliphatic heterocycles. The van der Waals surface area contributed by atoms with Crippen LogP contribution in [0.15, 0.2) is 35.3 Å². The predicted octanol–water partition coefficient (Wildman–Crippen LogP) is 3.25. The molecule has 1 aliphatic carbocycles. The molecule has 0 amide bonds. The molecule has 0 radical (unpaired) electrons. The van der Waals surface area contributed by atoms with Gasteiger partial charge in [0.2, 0.25) is 0 Å². The summed E-state index contributed by atoms with van der Waals surface area (Å²) in [5.41, 5.74) is 2.32. The maximum absolute atomic E-state index is 4.64. The van der Waals surface area contributed by atoms with E-state index in [1.54, 1.807) is 0 Å².